The summed E-state index contributed by atoms with van der Waals surface area (Å²) in [5.74, 6) is 1.24. The first-order chi connectivity index (χ1) is 9.87. The molecular formula is C14H26N4O2S. The van der Waals surface area contributed by atoms with Gasteiger partial charge in [0.2, 0.25) is 10.0 Å². The zero-order valence-corrected chi connectivity index (χ0v) is 14.1. The minimum atomic E-state index is -3.45. The van der Waals surface area contributed by atoms with Crippen molar-refractivity contribution in [2.45, 2.75) is 45.1 Å². The van der Waals surface area contributed by atoms with Crippen molar-refractivity contribution in [3.8, 4) is 0 Å². The van der Waals surface area contributed by atoms with Gasteiger partial charge in [-0.25, -0.2) is 8.42 Å². The first-order valence-electron chi connectivity index (χ1n) is 7.56. The molecule has 1 aromatic rings. The van der Waals surface area contributed by atoms with Gasteiger partial charge in [-0.15, -0.1) is 0 Å². The van der Waals surface area contributed by atoms with Crippen molar-refractivity contribution in [3.05, 3.63) is 11.4 Å². The smallest absolute Gasteiger partial charge is 0.246 e. The average molecular weight is 314 g/mol. The van der Waals surface area contributed by atoms with Crippen LogP contribution in [0.4, 0.5) is 0 Å². The molecular weight excluding hydrogens is 288 g/mol. The second-order valence-electron chi connectivity index (χ2n) is 6.14. The van der Waals surface area contributed by atoms with Crippen molar-refractivity contribution < 1.29 is 8.42 Å². The first kappa shape index (κ1) is 16.5. The zero-order chi connectivity index (χ0) is 15.6. The van der Waals surface area contributed by atoms with Crippen LogP contribution in [0.25, 0.3) is 0 Å². The maximum atomic E-state index is 12.9. The van der Waals surface area contributed by atoms with Gasteiger partial charge in [0.25, 0.3) is 0 Å². The molecule has 0 aromatic carbocycles. The van der Waals surface area contributed by atoms with Crippen LogP contribution in [0.1, 0.15) is 38.1 Å². The molecule has 1 aliphatic heterocycles. The Labute approximate surface area is 127 Å². The van der Waals surface area contributed by atoms with Crippen LogP contribution in [-0.4, -0.2) is 43.1 Å². The Morgan fingerprint density at radius 1 is 1.38 bits per heavy atom. The van der Waals surface area contributed by atoms with E-state index in [4.69, 9.17) is 0 Å². The molecule has 2 N–H and O–H groups in total. The van der Waals surface area contributed by atoms with E-state index in [9.17, 15) is 8.42 Å². The van der Waals surface area contributed by atoms with Crippen LogP contribution in [0.15, 0.2) is 4.90 Å². The van der Waals surface area contributed by atoms with Gasteiger partial charge in [-0.2, -0.15) is 9.40 Å². The second kappa shape index (κ2) is 6.46. The Kier molecular flexibility index (Phi) is 5.06. The van der Waals surface area contributed by atoms with Gasteiger partial charge in [-0.1, -0.05) is 13.8 Å². The summed E-state index contributed by atoms with van der Waals surface area (Å²) in [7, 11) is -1.67. The zero-order valence-electron chi connectivity index (χ0n) is 13.3. The second-order valence-corrected chi connectivity index (χ2v) is 8.02. The molecule has 0 unspecified atom stereocenters. The lowest BCUT2D eigenvalue weighted by molar-refractivity contribution is 0.226. The van der Waals surface area contributed by atoms with E-state index in [2.05, 4.69) is 29.4 Å². The molecule has 2 rings (SSSR count). The van der Waals surface area contributed by atoms with E-state index in [-0.39, 0.29) is 0 Å². The summed E-state index contributed by atoms with van der Waals surface area (Å²) in [5, 5.41) is 9.88. The topological polar surface area (TPSA) is 78.1 Å². The fourth-order valence-corrected chi connectivity index (χ4v) is 4.81. The third-order valence-electron chi connectivity index (χ3n) is 4.34. The predicted octanol–water partition coefficient (Wildman–Crippen LogP) is 1.49. The molecule has 6 nitrogen and oxygen atoms in total. The third kappa shape index (κ3) is 3.30. The van der Waals surface area contributed by atoms with Crippen molar-refractivity contribution in [2.24, 2.45) is 11.8 Å². The molecule has 0 atom stereocenters. The maximum absolute atomic E-state index is 12.9. The maximum Gasteiger partial charge on any atom is 0.246 e. The minimum absolute atomic E-state index is 0.347. The number of aromatic nitrogens is 2. The molecule has 2 heterocycles. The van der Waals surface area contributed by atoms with Crippen LogP contribution in [0.3, 0.4) is 0 Å². The SMILES string of the molecule is CNCc1n[nH]c(C)c1S(=O)(=O)N1CCC(C(C)C)CC1. The Morgan fingerprint density at radius 3 is 2.52 bits per heavy atom. The molecule has 1 aromatic heterocycles. The molecule has 120 valence electrons. The van der Waals surface area contributed by atoms with Gasteiger partial charge in [-0.05, 0) is 38.6 Å². The first-order valence-corrected chi connectivity index (χ1v) is 9.00. The van der Waals surface area contributed by atoms with E-state index in [1.807, 2.05) is 0 Å². The van der Waals surface area contributed by atoms with E-state index >= 15 is 0 Å². The van der Waals surface area contributed by atoms with E-state index in [0.717, 1.165) is 12.8 Å². The van der Waals surface area contributed by atoms with Crippen molar-refractivity contribution >= 4 is 10.0 Å². The van der Waals surface area contributed by atoms with Gasteiger partial charge in [0.05, 0.1) is 11.4 Å². The van der Waals surface area contributed by atoms with E-state index < -0.39 is 10.0 Å². The summed E-state index contributed by atoms with van der Waals surface area (Å²) >= 11 is 0. The molecule has 0 saturated carbocycles. The summed E-state index contributed by atoms with van der Waals surface area (Å²) in [4.78, 5) is 0.347. The van der Waals surface area contributed by atoms with Crippen LogP contribution in [0.5, 0.6) is 0 Å². The van der Waals surface area contributed by atoms with Gasteiger partial charge in [0.15, 0.2) is 0 Å². The summed E-state index contributed by atoms with van der Waals surface area (Å²) in [6.07, 6.45) is 1.88. The number of rotatable bonds is 5. The number of nitrogens with one attached hydrogen (secondary N) is 2. The van der Waals surface area contributed by atoms with Crippen LogP contribution >= 0.6 is 0 Å². The molecule has 0 aliphatic carbocycles. The lowest BCUT2D eigenvalue weighted by atomic mass is 9.87. The normalized spacial score (nSPS) is 18.5. The molecule has 0 amide bonds. The number of hydrogen-bond acceptors (Lipinski definition) is 4. The Bertz CT molecular complexity index is 572. The molecule has 0 spiro atoms. The van der Waals surface area contributed by atoms with Gasteiger partial charge < -0.3 is 5.32 Å². The number of aryl methyl sites for hydroxylation is 1. The fourth-order valence-electron chi connectivity index (χ4n) is 3.01. The largest absolute Gasteiger partial charge is 0.314 e. The fraction of sp³-hybridized carbons (Fsp3) is 0.786. The molecule has 0 bridgehead atoms. The highest BCUT2D eigenvalue weighted by molar-refractivity contribution is 7.89. The molecule has 21 heavy (non-hydrogen) atoms. The van der Waals surface area contributed by atoms with Crippen molar-refractivity contribution in [2.75, 3.05) is 20.1 Å². The van der Waals surface area contributed by atoms with E-state index in [1.165, 1.54) is 0 Å². The Morgan fingerprint density at radius 2 is 2.00 bits per heavy atom. The number of piperidine rings is 1. The van der Waals surface area contributed by atoms with Crippen LogP contribution in [0, 0.1) is 18.8 Å². The van der Waals surface area contributed by atoms with Crippen LogP contribution in [0.2, 0.25) is 0 Å². The highest BCUT2D eigenvalue weighted by Gasteiger charge is 2.34. The van der Waals surface area contributed by atoms with E-state index in [0.29, 0.717) is 47.8 Å². The third-order valence-corrected chi connectivity index (χ3v) is 6.45. The van der Waals surface area contributed by atoms with E-state index in [1.54, 1.807) is 18.3 Å². The number of sulfonamides is 1. The van der Waals surface area contributed by atoms with Gasteiger partial charge in [0.1, 0.15) is 4.90 Å². The molecule has 0 radical (unpaired) electrons. The summed E-state index contributed by atoms with van der Waals surface area (Å²) in [6, 6.07) is 0. The quantitative estimate of drug-likeness (QED) is 0.863. The van der Waals surface area contributed by atoms with Crippen molar-refractivity contribution in [3.63, 3.8) is 0 Å². The van der Waals surface area contributed by atoms with Gasteiger partial charge in [-0.3, -0.25) is 5.10 Å². The van der Waals surface area contributed by atoms with Gasteiger partial charge in [0, 0.05) is 19.6 Å². The molecule has 1 fully saturated rings. The average Bonchev–Trinajstić information content (AvgIpc) is 2.81. The predicted molar refractivity (Wildman–Crippen MR) is 82.4 cm³/mol. The molecule has 7 heteroatoms. The summed E-state index contributed by atoms with van der Waals surface area (Å²) < 4.78 is 27.4. The Hall–Kier alpha value is -0.920. The van der Waals surface area contributed by atoms with Crippen LogP contribution in [-0.2, 0) is 16.6 Å². The van der Waals surface area contributed by atoms with Crippen LogP contribution < -0.4 is 5.32 Å². The number of hydrogen-bond donors (Lipinski definition) is 2. The molecule has 1 saturated heterocycles. The number of aromatic amines is 1. The number of H-pyrrole nitrogens is 1. The van der Waals surface area contributed by atoms with Crippen molar-refractivity contribution in [1.82, 2.24) is 19.8 Å². The molecule has 1 aliphatic rings. The summed E-state index contributed by atoms with van der Waals surface area (Å²) in [5.41, 5.74) is 1.19. The Balaban J connectivity index is 2.22. The minimum Gasteiger partial charge on any atom is -0.314 e. The lowest BCUT2D eigenvalue weighted by Crippen LogP contribution is -2.40. The van der Waals surface area contributed by atoms with Crippen molar-refractivity contribution in [1.29, 1.82) is 0 Å². The monoisotopic (exact) mass is 314 g/mol. The summed E-state index contributed by atoms with van der Waals surface area (Å²) in [6.45, 7) is 7.84. The highest BCUT2D eigenvalue weighted by Crippen LogP contribution is 2.29. The lowest BCUT2D eigenvalue weighted by Gasteiger charge is -2.33. The standard InChI is InChI=1S/C14H26N4O2S/c1-10(2)12-5-7-18(8-6-12)21(19,20)14-11(3)16-17-13(14)9-15-4/h10,12,15H,5-9H2,1-4H3,(H,16,17). The van der Waals surface area contributed by atoms with Gasteiger partial charge >= 0.3 is 0 Å². The highest BCUT2D eigenvalue weighted by atomic mass is 32.2. The number of nitrogens with zero attached hydrogens (tertiary/aromatic N) is 2.